The molecule has 33 heavy (non-hydrogen) atoms. The van der Waals surface area contributed by atoms with E-state index in [-0.39, 0.29) is 24.5 Å². The van der Waals surface area contributed by atoms with E-state index < -0.39 is 11.7 Å². The van der Waals surface area contributed by atoms with Gasteiger partial charge in [0.2, 0.25) is 5.91 Å². The molecule has 0 saturated carbocycles. The lowest BCUT2D eigenvalue weighted by atomic mass is 9.99. The van der Waals surface area contributed by atoms with Crippen molar-refractivity contribution in [3.8, 4) is 0 Å². The zero-order valence-electron chi connectivity index (χ0n) is 19.1. The minimum absolute atomic E-state index is 0.0511. The minimum Gasteiger partial charge on any atom is -0.355 e. The lowest BCUT2D eigenvalue weighted by Gasteiger charge is -2.23. The van der Waals surface area contributed by atoms with E-state index in [0.717, 1.165) is 18.7 Å². The van der Waals surface area contributed by atoms with Crippen molar-refractivity contribution in [1.82, 2.24) is 9.88 Å². The molecule has 0 atom stereocenters. The Kier molecular flexibility index (Phi) is 8.10. The molecular formula is C25H30F3N3O2. The summed E-state index contributed by atoms with van der Waals surface area (Å²) >= 11 is 0. The first-order valence-corrected chi connectivity index (χ1v) is 11.3. The molecule has 0 spiro atoms. The Labute approximate surface area is 192 Å². The van der Waals surface area contributed by atoms with E-state index in [1.54, 1.807) is 4.90 Å². The smallest absolute Gasteiger partial charge is 0.355 e. The van der Waals surface area contributed by atoms with Crippen LogP contribution in [-0.2, 0) is 17.4 Å². The highest BCUT2D eigenvalue weighted by atomic mass is 19.4. The Bertz CT molecular complexity index is 941. The molecule has 1 aliphatic heterocycles. The second-order valence-corrected chi connectivity index (χ2v) is 8.84. The third-order valence-corrected chi connectivity index (χ3v) is 5.73. The van der Waals surface area contributed by atoms with Gasteiger partial charge < -0.3 is 9.80 Å². The van der Waals surface area contributed by atoms with E-state index in [0.29, 0.717) is 49.9 Å². The van der Waals surface area contributed by atoms with Gasteiger partial charge in [-0.2, -0.15) is 13.2 Å². The summed E-state index contributed by atoms with van der Waals surface area (Å²) < 4.78 is 38.2. The van der Waals surface area contributed by atoms with Crippen LogP contribution in [0.3, 0.4) is 0 Å². The van der Waals surface area contributed by atoms with Crippen LogP contribution in [0.4, 0.5) is 19.0 Å². The zero-order valence-corrected chi connectivity index (χ0v) is 19.1. The summed E-state index contributed by atoms with van der Waals surface area (Å²) in [6.45, 7) is 6.37. The molecule has 0 N–H and O–H groups in total. The van der Waals surface area contributed by atoms with Crippen molar-refractivity contribution in [2.75, 3.05) is 31.1 Å². The Morgan fingerprint density at radius 3 is 2.30 bits per heavy atom. The van der Waals surface area contributed by atoms with Crippen molar-refractivity contribution in [2.24, 2.45) is 5.92 Å². The van der Waals surface area contributed by atoms with E-state index >= 15 is 0 Å². The second kappa shape index (κ2) is 10.8. The maximum absolute atomic E-state index is 12.7. The number of anilines is 1. The van der Waals surface area contributed by atoms with Crippen molar-refractivity contribution in [3.05, 3.63) is 59.3 Å². The largest absolute Gasteiger partial charge is 0.417 e. The van der Waals surface area contributed by atoms with Crippen molar-refractivity contribution >= 4 is 17.5 Å². The summed E-state index contributed by atoms with van der Waals surface area (Å²) in [6, 6.07) is 9.97. The molecule has 0 aliphatic carbocycles. The highest BCUT2D eigenvalue weighted by Crippen LogP contribution is 2.29. The molecule has 1 saturated heterocycles. The fourth-order valence-electron chi connectivity index (χ4n) is 3.96. The monoisotopic (exact) mass is 461 g/mol. The fourth-order valence-corrected chi connectivity index (χ4v) is 3.96. The third-order valence-electron chi connectivity index (χ3n) is 5.73. The van der Waals surface area contributed by atoms with Crippen LogP contribution in [-0.4, -0.2) is 47.8 Å². The maximum atomic E-state index is 12.7. The molecule has 1 fully saturated rings. The third kappa shape index (κ3) is 7.04. The van der Waals surface area contributed by atoms with Gasteiger partial charge in [0, 0.05) is 50.8 Å². The molecule has 2 heterocycles. The second-order valence-electron chi connectivity index (χ2n) is 8.84. The maximum Gasteiger partial charge on any atom is 0.417 e. The SMILES string of the molecule is CC(C)Cc1ccc(C(=O)CCC(=O)N2CCCN(c3ccc(C(F)(F)F)cn3)CC2)cc1. The van der Waals surface area contributed by atoms with E-state index in [9.17, 15) is 22.8 Å². The normalized spacial score (nSPS) is 15.0. The summed E-state index contributed by atoms with van der Waals surface area (Å²) in [5.41, 5.74) is 1.03. The Morgan fingerprint density at radius 2 is 1.70 bits per heavy atom. The molecule has 0 bridgehead atoms. The number of nitrogens with zero attached hydrogens (tertiary/aromatic N) is 3. The standard InChI is InChI=1S/C25H30F3N3O2/c1-18(2)16-19-4-6-20(7-5-19)22(32)9-11-24(33)31-13-3-12-30(14-15-31)23-10-8-21(17-29-23)25(26,27)28/h4-8,10,17-18H,3,9,11-16H2,1-2H3. The van der Waals surface area contributed by atoms with Gasteiger partial charge in [-0.3, -0.25) is 9.59 Å². The van der Waals surface area contributed by atoms with E-state index in [1.807, 2.05) is 29.2 Å². The first-order valence-electron chi connectivity index (χ1n) is 11.3. The summed E-state index contributed by atoms with van der Waals surface area (Å²) in [6.07, 6.45) is -1.64. The number of carbonyl (C=O) groups excluding carboxylic acids is 2. The van der Waals surface area contributed by atoms with Gasteiger partial charge in [0.25, 0.3) is 0 Å². The summed E-state index contributed by atoms with van der Waals surface area (Å²) in [4.78, 5) is 32.7. The predicted octanol–water partition coefficient (Wildman–Crippen LogP) is 5.00. The lowest BCUT2D eigenvalue weighted by Crippen LogP contribution is -2.35. The number of aromatic nitrogens is 1. The molecule has 1 aromatic carbocycles. The summed E-state index contributed by atoms with van der Waals surface area (Å²) in [5.74, 6) is 0.879. The highest BCUT2D eigenvalue weighted by molar-refractivity contribution is 5.98. The number of benzene rings is 1. The first-order chi connectivity index (χ1) is 15.6. The van der Waals surface area contributed by atoms with Crippen LogP contribution in [0.1, 0.15) is 54.6 Å². The number of rotatable bonds is 7. The van der Waals surface area contributed by atoms with Crippen LogP contribution in [0.25, 0.3) is 0 Å². The van der Waals surface area contributed by atoms with Crippen molar-refractivity contribution in [3.63, 3.8) is 0 Å². The van der Waals surface area contributed by atoms with Crippen molar-refractivity contribution in [2.45, 2.75) is 45.7 Å². The highest BCUT2D eigenvalue weighted by Gasteiger charge is 2.31. The molecule has 1 aliphatic rings. The Balaban J connectivity index is 1.49. The molecule has 1 aromatic heterocycles. The van der Waals surface area contributed by atoms with Crippen LogP contribution in [0.5, 0.6) is 0 Å². The predicted molar refractivity (Wildman–Crippen MR) is 121 cm³/mol. The van der Waals surface area contributed by atoms with Crippen LogP contribution in [0.2, 0.25) is 0 Å². The number of alkyl halides is 3. The zero-order chi connectivity index (χ0) is 24.0. The fraction of sp³-hybridized carbons (Fsp3) is 0.480. The molecule has 178 valence electrons. The number of halogens is 3. The summed E-state index contributed by atoms with van der Waals surface area (Å²) in [5, 5.41) is 0. The van der Waals surface area contributed by atoms with Crippen molar-refractivity contribution in [1.29, 1.82) is 0 Å². The van der Waals surface area contributed by atoms with Crippen LogP contribution < -0.4 is 4.90 Å². The number of hydrogen-bond acceptors (Lipinski definition) is 4. The van der Waals surface area contributed by atoms with Crippen LogP contribution >= 0.6 is 0 Å². The van der Waals surface area contributed by atoms with Crippen LogP contribution in [0, 0.1) is 5.92 Å². The minimum atomic E-state index is -4.42. The molecule has 3 rings (SSSR count). The average molecular weight is 462 g/mol. The number of ketones is 1. The summed E-state index contributed by atoms with van der Waals surface area (Å²) in [7, 11) is 0. The van der Waals surface area contributed by atoms with Gasteiger partial charge in [0.1, 0.15) is 5.82 Å². The van der Waals surface area contributed by atoms with E-state index in [2.05, 4.69) is 18.8 Å². The molecule has 2 aromatic rings. The molecule has 0 radical (unpaired) electrons. The number of hydrogen-bond donors (Lipinski definition) is 0. The number of amides is 1. The van der Waals surface area contributed by atoms with E-state index in [1.165, 1.54) is 11.6 Å². The van der Waals surface area contributed by atoms with Gasteiger partial charge in [-0.25, -0.2) is 4.98 Å². The van der Waals surface area contributed by atoms with Gasteiger partial charge in [-0.1, -0.05) is 38.1 Å². The van der Waals surface area contributed by atoms with Crippen LogP contribution in [0.15, 0.2) is 42.6 Å². The van der Waals surface area contributed by atoms with E-state index in [4.69, 9.17) is 0 Å². The van der Waals surface area contributed by atoms with Gasteiger partial charge in [0.05, 0.1) is 5.56 Å². The van der Waals surface area contributed by atoms with Gasteiger partial charge >= 0.3 is 6.18 Å². The average Bonchev–Trinajstić information content (AvgIpc) is 3.03. The number of pyridine rings is 1. The Morgan fingerprint density at radius 1 is 0.970 bits per heavy atom. The van der Waals surface area contributed by atoms with Gasteiger partial charge in [-0.15, -0.1) is 0 Å². The molecule has 1 amide bonds. The Hall–Kier alpha value is -2.90. The van der Waals surface area contributed by atoms with Gasteiger partial charge in [-0.05, 0) is 36.5 Å². The number of carbonyl (C=O) groups is 2. The lowest BCUT2D eigenvalue weighted by molar-refractivity contribution is -0.137. The molecule has 0 unspecified atom stereocenters. The molecular weight excluding hydrogens is 431 g/mol. The van der Waals surface area contributed by atoms with Gasteiger partial charge in [0.15, 0.2) is 5.78 Å². The quantitative estimate of drug-likeness (QED) is 0.545. The first kappa shape index (κ1) is 24.7. The molecule has 5 nitrogen and oxygen atoms in total. The number of Topliss-reactive ketones (excluding diaryl/α,β-unsaturated/α-hetero) is 1. The van der Waals surface area contributed by atoms with Crippen molar-refractivity contribution < 1.29 is 22.8 Å². The topological polar surface area (TPSA) is 53.5 Å². The molecule has 8 heteroatoms.